The first kappa shape index (κ1) is 11.0. The third-order valence-electron chi connectivity index (χ3n) is 1.52. The van der Waals surface area contributed by atoms with Gasteiger partial charge in [-0.1, -0.05) is 45.9 Å². The van der Waals surface area contributed by atoms with E-state index in [9.17, 15) is 0 Å². The molecule has 1 aliphatic rings. The molecule has 0 spiro atoms. The molecule has 0 heterocycles. The summed E-state index contributed by atoms with van der Waals surface area (Å²) in [5, 5.41) is 0. The van der Waals surface area contributed by atoms with Crippen molar-refractivity contribution in [2.45, 2.75) is 27.7 Å². The summed E-state index contributed by atoms with van der Waals surface area (Å²) in [5.74, 6) is 0. The van der Waals surface area contributed by atoms with Crippen molar-refractivity contribution in [3.05, 3.63) is 36.1 Å². The number of nitrogens with two attached hydrogens (primary N) is 1. The summed E-state index contributed by atoms with van der Waals surface area (Å²) in [6.45, 7) is 8.29. The molecule has 68 valence electrons. The van der Waals surface area contributed by atoms with Crippen molar-refractivity contribution in [1.82, 2.24) is 0 Å². The minimum Gasteiger partial charge on any atom is -0.399 e. The lowest BCUT2D eigenvalue weighted by Gasteiger charge is -2.12. The SMILES string of the molecule is CC.CC1(C)C=CC=C(N)C=C1. The molecule has 0 aliphatic heterocycles. The third kappa shape index (κ3) is 4.02. The summed E-state index contributed by atoms with van der Waals surface area (Å²) in [6.07, 6.45) is 10.1. The second-order valence-corrected chi connectivity index (χ2v) is 3.18. The van der Waals surface area contributed by atoms with Gasteiger partial charge in [0.05, 0.1) is 0 Å². The molecule has 0 aromatic heterocycles. The highest BCUT2D eigenvalue weighted by Gasteiger charge is 2.08. The van der Waals surface area contributed by atoms with Gasteiger partial charge in [-0.05, 0) is 12.2 Å². The molecule has 0 amide bonds. The predicted molar refractivity (Wildman–Crippen MR) is 55.7 cm³/mol. The summed E-state index contributed by atoms with van der Waals surface area (Å²) >= 11 is 0. The summed E-state index contributed by atoms with van der Waals surface area (Å²) < 4.78 is 0. The van der Waals surface area contributed by atoms with Crippen molar-refractivity contribution < 1.29 is 0 Å². The summed E-state index contributed by atoms with van der Waals surface area (Å²) in [5.41, 5.74) is 6.55. The van der Waals surface area contributed by atoms with E-state index in [2.05, 4.69) is 26.0 Å². The van der Waals surface area contributed by atoms with Crippen molar-refractivity contribution in [3.8, 4) is 0 Å². The first-order chi connectivity index (χ1) is 5.60. The average Bonchev–Trinajstić information content (AvgIpc) is 2.17. The largest absolute Gasteiger partial charge is 0.399 e. The van der Waals surface area contributed by atoms with Crippen molar-refractivity contribution in [2.75, 3.05) is 0 Å². The van der Waals surface area contributed by atoms with E-state index in [-0.39, 0.29) is 5.41 Å². The Kier molecular flexibility index (Phi) is 4.42. The van der Waals surface area contributed by atoms with Crippen LogP contribution in [0.1, 0.15) is 27.7 Å². The van der Waals surface area contributed by atoms with Crippen LogP contribution in [0.4, 0.5) is 0 Å². The standard InChI is InChI=1S/C9H13N.C2H6/c1-9(2)6-3-4-8(10)5-7-9;1-2/h3-7H,10H2,1-2H3;1-2H3. The first-order valence-corrected chi connectivity index (χ1v) is 4.44. The molecule has 1 rings (SSSR count). The lowest BCUT2D eigenvalue weighted by atomic mass is 9.93. The fraction of sp³-hybridized carbons (Fsp3) is 0.455. The highest BCUT2D eigenvalue weighted by molar-refractivity contribution is 5.28. The lowest BCUT2D eigenvalue weighted by molar-refractivity contribution is 0.627. The van der Waals surface area contributed by atoms with Gasteiger partial charge in [0.1, 0.15) is 0 Å². The van der Waals surface area contributed by atoms with Gasteiger partial charge in [-0.15, -0.1) is 0 Å². The topological polar surface area (TPSA) is 26.0 Å². The number of allylic oxidation sites excluding steroid dienone is 5. The molecule has 0 radical (unpaired) electrons. The van der Waals surface area contributed by atoms with Crippen LogP contribution in [-0.2, 0) is 0 Å². The third-order valence-corrected chi connectivity index (χ3v) is 1.52. The van der Waals surface area contributed by atoms with Gasteiger partial charge in [0.25, 0.3) is 0 Å². The first-order valence-electron chi connectivity index (χ1n) is 4.44. The number of rotatable bonds is 0. The minimum absolute atomic E-state index is 0.150. The highest BCUT2D eigenvalue weighted by Crippen LogP contribution is 2.21. The Morgan fingerprint density at radius 3 is 2.33 bits per heavy atom. The van der Waals surface area contributed by atoms with Crippen LogP contribution in [0.3, 0.4) is 0 Å². The highest BCUT2D eigenvalue weighted by atomic mass is 14.6. The molecule has 12 heavy (non-hydrogen) atoms. The molecule has 0 saturated heterocycles. The van der Waals surface area contributed by atoms with Gasteiger partial charge in [-0.3, -0.25) is 0 Å². The van der Waals surface area contributed by atoms with Crippen LogP contribution in [0.2, 0.25) is 0 Å². The quantitative estimate of drug-likeness (QED) is 0.586. The maximum absolute atomic E-state index is 5.58. The van der Waals surface area contributed by atoms with Crippen molar-refractivity contribution >= 4 is 0 Å². The molecular formula is C11H19N. The van der Waals surface area contributed by atoms with Crippen LogP contribution in [0, 0.1) is 5.41 Å². The Hall–Kier alpha value is -0.980. The van der Waals surface area contributed by atoms with Crippen molar-refractivity contribution in [1.29, 1.82) is 0 Å². The Labute approximate surface area is 75.7 Å². The van der Waals surface area contributed by atoms with Gasteiger partial charge in [0.2, 0.25) is 0 Å². The van der Waals surface area contributed by atoms with Crippen molar-refractivity contribution in [3.63, 3.8) is 0 Å². The zero-order chi connectivity index (χ0) is 9.61. The van der Waals surface area contributed by atoms with Gasteiger partial charge in [0.15, 0.2) is 0 Å². The van der Waals surface area contributed by atoms with Crippen LogP contribution < -0.4 is 5.73 Å². The average molecular weight is 165 g/mol. The maximum Gasteiger partial charge on any atom is 0.0310 e. The van der Waals surface area contributed by atoms with Gasteiger partial charge < -0.3 is 5.73 Å². The molecule has 0 unspecified atom stereocenters. The number of hydrogen-bond acceptors (Lipinski definition) is 1. The Morgan fingerprint density at radius 1 is 1.17 bits per heavy atom. The van der Waals surface area contributed by atoms with Crippen LogP contribution in [0.25, 0.3) is 0 Å². The van der Waals surface area contributed by atoms with E-state index in [4.69, 9.17) is 5.73 Å². The van der Waals surface area contributed by atoms with E-state index < -0.39 is 0 Å². The fourth-order valence-corrected chi connectivity index (χ4v) is 0.829. The van der Waals surface area contributed by atoms with Crippen LogP contribution >= 0.6 is 0 Å². The molecule has 0 aromatic carbocycles. The lowest BCUT2D eigenvalue weighted by Crippen LogP contribution is -2.01. The molecule has 1 heteroatoms. The molecule has 0 aromatic rings. The van der Waals surface area contributed by atoms with E-state index in [0.29, 0.717) is 0 Å². The summed E-state index contributed by atoms with van der Waals surface area (Å²) in [4.78, 5) is 0. The summed E-state index contributed by atoms with van der Waals surface area (Å²) in [6, 6.07) is 0. The molecule has 0 bridgehead atoms. The Morgan fingerprint density at radius 2 is 1.75 bits per heavy atom. The smallest absolute Gasteiger partial charge is 0.0310 e. The van der Waals surface area contributed by atoms with E-state index in [1.807, 2.05) is 32.1 Å². The zero-order valence-electron chi connectivity index (χ0n) is 8.46. The minimum atomic E-state index is 0.150. The molecule has 0 saturated carbocycles. The van der Waals surface area contributed by atoms with Gasteiger partial charge in [-0.25, -0.2) is 0 Å². The molecule has 2 N–H and O–H groups in total. The fourth-order valence-electron chi connectivity index (χ4n) is 0.829. The van der Waals surface area contributed by atoms with Crippen LogP contribution in [0.5, 0.6) is 0 Å². The normalized spacial score (nSPS) is 18.8. The van der Waals surface area contributed by atoms with Crippen molar-refractivity contribution in [2.24, 2.45) is 11.1 Å². The van der Waals surface area contributed by atoms with Crippen LogP contribution in [-0.4, -0.2) is 0 Å². The molecule has 1 aliphatic carbocycles. The van der Waals surface area contributed by atoms with Gasteiger partial charge in [0, 0.05) is 11.1 Å². The second-order valence-electron chi connectivity index (χ2n) is 3.18. The van der Waals surface area contributed by atoms with E-state index >= 15 is 0 Å². The van der Waals surface area contributed by atoms with Gasteiger partial charge in [-0.2, -0.15) is 0 Å². The van der Waals surface area contributed by atoms with E-state index in [0.717, 1.165) is 5.70 Å². The number of hydrogen-bond donors (Lipinski definition) is 1. The van der Waals surface area contributed by atoms with E-state index in [1.54, 1.807) is 0 Å². The predicted octanol–water partition coefficient (Wildman–Crippen LogP) is 3.01. The van der Waals surface area contributed by atoms with E-state index in [1.165, 1.54) is 0 Å². The zero-order valence-corrected chi connectivity index (χ0v) is 8.46. The Bertz CT molecular complexity index is 207. The molecule has 0 atom stereocenters. The van der Waals surface area contributed by atoms with Gasteiger partial charge >= 0.3 is 0 Å². The molecule has 0 fully saturated rings. The molecular weight excluding hydrogens is 146 g/mol. The maximum atomic E-state index is 5.58. The molecule has 1 nitrogen and oxygen atoms in total. The van der Waals surface area contributed by atoms with Crippen LogP contribution in [0.15, 0.2) is 36.1 Å². The second kappa shape index (κ2) is 4.81. The summed E-state index contributed by atoms with van der Waals surface area (Å²) in [7, 11) is 0. The Balaban J connectivity index is 0.000000561. The monoisotopic (exact) mass is 165 g/mol.